The summed E-state index contributed by atoms with van der Waals surface area (Å²) in [6.07, 6.45) is 0.188. The maximum atomic E-state index is 13.6. The van der Waals surface area contributed by atoms with E-state index in [1.807, 2.05) is 19.1 Å². The number of halogens is 2. The normalized spacial score (nSPS) is 13.1. The van der Waals surface area contributed by atoms with E-state index in [1.165, 1.54) is 9.47 Å². The van der Waals surface area contributed by atoms with Crippen LogP contribution in [0.2, 0.25) is 10.0 Å². The molecular weight excluding hydrogens is 461 g/mol. The van der Waals surface area contributed by atoms with Crippen molar-refractivity contribution in [2.75, 3.05) is 6.54 Å². The van der Waals surface area contributed by atoms with E-state index >= 15 is 0 Å². The van der Waals surface area contributed by atoms with E-state index in [9.17, 15) is 14.4 Å². The largest absolute Gasteiger partial charge is 0.274 e. The fraction of sp³-hybridized carbons (Fsp3) is 0.120. The van der Waals surface area contributed by atoms with Crippen LogP contribution in [0.5, 0.6) is 0 Å². The van der Waals surface area contributed by atoms with E-state index in [0.29, 0.717) is 43.6 Å². The minimum Gasteiger partial charge on any atom is -0.274 e. The molecule has 0 atom stereocenters. The first-order valence-electron chi connectivity index (χ1n) is 10.3. The van der Waals surface area contributed by atoms with Gasteiger partial charge in [-0.1, -0.05) is 53.5 Å². The second-order valence-electron chi connectivity index (χ2n) is 7.80. The summed E-state index contributed by atoms with van der Waals surface area (Å²) in [5.41, 5.74) is 3.11. The van der Waals surface area contributed by atoms with Crippen LogP contribution in [-0.2, 0) is 6.42 Å². The molecule has 5 rings (SSSR count). The Kier molecular flexibility index (Phi) is 5.27. The second-order valence-corrected chi connectivity index (χ2v) is 8.61. The molecule has 1 aromatic heterocycles. The third kappa shape index (κ3) is 3.52. The van der Waals surface area contributed by atoms with Gasteiger partial charge >= 0.3 is 0 Å². The van der Waals surface area contributed by atoms with Gasteiger partial charge in [-0.3, -0.25) is 23.9 Å². The molecule has 8 heteroatoms. The van der Waals surface area contributed by atoms with Crippen molar-refractivity contribution in [1.29, 1.82) is 0 Å². The van der Waals surface area contributed by atoms with E-state index in [4.69, 9.17) is 23.2 Å². The Labute approximate surface area is 199 Å². The van der Waals surface area contributed by atoms with Crippen LogP contribution in [-0.4, -0.2) is 38.7 Å². The zero-order chi connectivity index (χ0) is 23.3. The van der Waals surface area contributed by atoms with E-state index in [2.05, 4.69) is 4.98 Å². The van der Waals surface area contributed by atoms with Crippen LogP contribution < -0.4 is 0 Å². The molecular formula is C25H17Cl2N3O3. The molecule has 0 N–H and O–H groups in total. The SMILES string of the molecule is Cc1ccccc1C(=O)n1c(CCN2C(=O)c3ccccc3C2=O)nc2cc(Cl)c(Cl)cc21. The summed E-state index contributed by atoms with van der Waals surface area (Å²) in [7, 11) is 0. The van der Waals surface area contributed by atoms with Gasteiger partial charge in [0.25, 0.3) is 17.7 Å². The molecule has 0 radical (unpaired) electrons. The lowest BCUT2D eigenvalue weighted by molar-refractivity contribution is 0.0655. The lowest BCUT2D eigenvalue weighted by Gasteiger charge is -2.15. The van der Waals surface area contributed by atoms with E-state index in [0.717, 1.165) is 5.56 Å². The molecule has 0 saturated heterocycles. The number of carbonyl (C=O) groups excluding carboxylic acids is 3. The third-order valence-electron chi connectivity index (χ3n) is 5.78. The smallest absolute Gasteiger partial charge is 0.264 e. The minimum absolute atomic E-state index is 0.0815. The highest BCUT2D eigenvalue weighted by Gasteiger charge is 2.35. The average molecular weight is 478 g/mol. The van der Waals surface area contributed by atoms with Crippen molar-refractivity contribution < 1.29 is 14.4 Å². The number of nitrogens with zero attached hydrogens (tertiary/aromatic N) is 3. The fourth-order valence-electron chi connectivity index (χ4n) is 4.10. The number of hydrogen-bond acceptors (Lipinski definition) is 4. The Morgan fingerprint density at radius 1 is 0.909 bits per heavy atom. The Balaban J connectivity index is 1.55. The number of imidazole rings is 1. The van der Waals surface area contributed by atoms with Crippen molar-refractivity contribution >= 4 is 52.0 Å². The van der Waals surface area contributed by atoms with E-state index in [-0.39, 0.29) is 30.7 Å². The van der Waals surface area contributed by atoms with Crippen molar-refractivity contribution in [3.05, 3.63) is 98.8 Å². The molecule has 2 amide bonds. The summed E-state index contributed by atoms with van der Waals surface area (Å²) in [4.78, 5) is 44.9. The first-order valence-corrected chi connectivity index (χ1v) is 11.0. The van der Waals surface area contributed by atoms with Gasteiger partial charge in [0, 0.05) is 18.5 Å². The van der Waals surface area contributed by atoms with E-state index < -0.39 is 0 Å². The molecule has 4 aromatic rings. The number of carbonyl (C=O) groups is 3. The van der Waals surface area contributed by atoms with Crippen LogP contribution >= 0.6 is 23.2 Å². The van der Waals surface area contributed by atoms with Gasteiger partial charge in [-0.15, -0.1) is 0 Å². The molecule has 0 unspecified atom stereocenters. The van der Waals surface area contributed by atoms with Gasteiger partial charge in [0.15, 0.2) is 0 Å². The first kappa shape index (κ1) is 21.4. The first-order chi connectivity index (χ1) is 15.9. The summed E-state index contributed by atoms with van der Waals surface area (Å²) < 4.78 is 1.48. The Morgan fingerprint density at radius 2 is 1.52 bits per heavy atom. The van der Waals surface area contributed by atoms with Crippen molar-refractivity contribution in [2.45, 2.75) is 13.3 Å². The third-order valence-corrected chi connectivity index (χ3v) is 6.50. The predicted octanol–water partition coefficient (Wildman–Crippen LogP) is 5.18. The molecule has 0 fully saturated rings. The highest BCUT2D eigenvalue weighted by Crippen LogP contribution is 2.30. The number of rotatable bonds is 4. The van der Waals surface area contributed by atoms with Crippen molar-refractivity contribution in [2.24, 2.45) is 0 Å². The van der Waals surface area contributed by atoms with Crippen LogP contribution in [0.1, 0.15) is 42.5 Å². The topological polar surface area (TPSA) is 72.3 Å². The summed E-state index contributed by atoms with van der Waals surface area (Å²) in [6, 6.07) is 17.2. The molecule has 33 heavy (non-hydrogen) atoms. The average Bonchev–Trinajstić information content (AvgIpc) is 3.27. The Morgan fingerprint density at radius 3 is 2.18 bits per heavy atom. The summed E-state index contributed by atoms with van der Waals surface area (Å²) >= 11 is 12.4. The Bertz CT molecular complexity index is 1440. The van der Waals surface area contributed by atoms with Crippen LogP contribution in [0.3, 0.4) is 0 Å². The number of amides is 2. The van der Waals surface area contributed by atoms with Crippen LogP contribution in [0.4, 0.5) is 0 Å². The molecule has 0 aliphatic carbocycles. The van der Waals surface area contributed by atoms with Gasteiger partial charge in [0.1, 0.15) is 5.82 Å². The quantitative estimate of drug-likeness (QED) is 0.379. The molecule has 164 valence electrons. The van der Waals surface area contributed by atoms with Crippen LogP contribution in [0.15, 0.2) is 60.7 Å². The van der Waals surface area contributed by atoms with Crippen molar-refractivity contribution in [3.8, 4) is 0 Å². The molecule has 3 aromatic carbocycles. The molecule has 0 spiro atoms. The predicted molar refractivity (Wildman–Crippen MR) is 126 cm³/mol. The maximum Gasteiger partial charge on any atom is 0.264 e. The monoisotopic (exact) mass is 477 g/mol. The molecule has 1 aliphatic rings. The van der Waals surface area contributed by atoms with Gasteiger partial charge in [0.2, 0.25) is 0 Å². The molecule has 6 nitrogen and oxygen atoms in total. The fourth-order valence-corrected chi connectivity index (χ4v) is 4.42. The zero-order valence-electron chi connectivity index (χ0n) is 17.5. The second kappa shape index (κ2) is 8.14. The van der Waals surface area contributed by atoms with Gasteiger partial charge in [-0.25, -0.2) is 4.98 Å². The summed E-state index contributed by atoms with van der Waals surface area (Å²) in [5.74, 6) is -0.566. The highest BCUT2D eigenvalue weighted by atomic mass is 35.5. The van der Waals surface area contributed by atoms with Crippen LogP contribution in [0, 0.1) is 6.92 Å². The maximum absolute atomic E-state index is 13.6. The number of imide groups is 1. The van der Waals surface area contributed by atoms with Crippen molar-refractivity contribution in [1.82, 2.24) is 14.5 Å². The van der Waals surface area contributed by atoms with Gasteiger partial charge in [-0.05, 0) is 42.8 Å². The molecule has 2 heterocycles. The number of aromatic nitrogens is 2. The molecule has 1 aliphatic heterocycles. The van der Waals surface area contributed by atoms with Gasteiger partial charge in [0.05, 0.1) is 32.2 Å². The summed E-state index contributed by atoms with van der Waals surface area (Å²) in [6.45, 7) is 1.94. The number of benzene rings is 3. The van der Waals surface area contributed by atoms with E-state index in [1.54, 1.807) is 48.5 Å². The van der Waals surface area contributed by atoms with Crippen molar-refractivity contribution in [3.63, 3.8) is 0 Å². The number of hydrogen-bond donors (Lipinski definition) is 0. The highest BCUT2D eigenvalue weighted by molar-refractivity contribution is 6.42. The molecule has 0 bridgehead atoms. The van der Waals surface area contributed by atoms with Gasteiger partial charge in [-0.2, -0.15) is 0 Å². The lowest BCUT2D eigenvalue weighted by Crippen LogP contribution is -2.32. The van der Waals surface area contributed by atoms with Gasteiger partial charge < -0.3 is 0 Å². The molecule has 0 saturated carbocycles. The zero-order valence-corrected chi connectivity index (χ0v) is 19.0. The Hall–Kier alpha value is -3.48. The summed E-state index contributed by atoms with van der Waals surface area (Å²) in [5, 5.41) is 0.624. The number of fused-ring (bicyclic) bond motifs is 2. The van der Waals surface area contributed by atoms with Crippen LogP contribution in [0.25, 0.3) is 11.0 Å². The standard InChI is InChI=1S/C25H17Cl2N3O3/c1-14-6-2-3-7-15(14)25(33)30-21-13-19(27)18(26)12-20(21)28-22(30)10-11-29-23(31)16-8-4-5-9-17(16)24(29)32/h2-9,12-13H,10-11H2,1H3. The lowest BCUT2D eigenvalue weighted by atomic mass is 10.1. The minimum atomic E-state index is -0.352. The number of aryl methyl sites for hydroxylation is 1.